The number of imide groups is 1. The summed E-state index contributed by atoms with van der Waals surface area (Å²) >= 11 is 0. The standard InChI is InChI=1S/C25H26N4O5/c30-21-7-6-19(22(31)26-21)29-13-17-16(23(29)32)3-1-4-18(17)28-14-25(15-28)8-10-27(11-9-25)24(33)20-5-2-12-34-20/h1-5,12,19H,6-11,13-15H2,(H,26,30,31). The monoisotopic (exact) mass is 462 g/mol. The summed E-state index contributed by atoms with van der Waals surface area (Å²) in [7, 11) is 0. The van der Waals surface area contributed by atoms with Crippen molar-refractivity contribution in [2.75, 3.05) is 31.1 Å². The molecule has 4 amide bonds. The Labute approximate surface area is 196 Å². The van der Waals surface area contributed by atoms with Crippen LogP contribution in [0.5, 0.6) is 0 Å². The van der Waals surface area contributed by atoms with Crippen LogP contribution in [0, 0.1) is 5.41 Å². The van der Waals surface area contributed by atoms with Crippen LogP contribution in [0.3, 0.4) is 0 Å². The minimum Gasteiger partial charge on any atom is -0.459 e. The number of fused-ring (bicyclic) bond motifs is 1. The van der Waals surface area contributed by atoms with Gasteiger partial charge in [0.1, 0.15) is 6.04 Å². The van der Waals surface area contributed by atoms with Crippen LogP contribution in [0.2, 0.25) is 0 Å². The van der Waals surface area contributed by atoms with Gasteiger partial charge in [0.15, 0.2) is 5.76 Å². The second-order valence-corrected chi connectivity index (χ2v) is 9.83. The molecule has 1 aromatic carbocycles. The van der Waals surface area contributed by atoms with Gasteiger partial charge >= 0.3 is 0 Å². The Bertz CT molecular complexity index is 1170. The van der Waals surface area contributed by atoms with E-state index in [-0.39, 0.29) is 29.6 Å². The molecule has 1 atom stereocenters. The molecule has 34 heavy (non-hydrogen) atoms. The van der Waals surface area contributed by atoms with Gasteiger partial charge in [-0.2, -0.15) is 0 Å². The average molecular weight is 463 g/mol. The highest BCUT2D eigenvalue weighted by molar-refractivity contribution is 6.06. The summed E-state index contributed by atoms with van der Waals surface area (Å²) in [6.45, 7) is 3.58. The van der Waals surface area contributed by atoms with Crippen molar-refractivity contribution in [2.45, 2.75) is 38.3 Å². The Morgan fingerprint density at radius 2 is 1.85 bits per heavy atom. The lowest BCUT2D eigenvalue weighted by Crippen LogP contribution is -2.61. The molecule has 1 unspecified atom stereocenters. The van der Waals surface area contributed by atoms with E-state index in [1.54, 1.807) is 17.0 Å². The third-order valence-corrected chi connectivity index (χ3v) is 7.79. The summed E-state index contributed by atoms with van der Waals surface area (Å²) in [5.74, 6) is -0.488. The number of carbonyl (C=O) groups excluding carboxylic acids is 4. The van der Waals surface area contributed by atoms with Crippen molar-refractivity contribution in [2.24, 2.45) is 5.41 Å². The van der Waals surface area contributed by atoms with E-state index in [4.69, 9.17) is 4.42 Å². The maximum absolute atomic E-state index is 13.1. The Morgan fingerprint density at radius 3 is 2.56 bits per heavy atom. The summed E-state index contributed by atoms with van der Waals surface area (Å²) in [5.41, 5.74) is 2.81. The molecule has 3 fully saturated rings. The van der Waals surface area contributed by atoms with E-state index in [0.717, 1.165) is 37.2 Å². The third-order valence-electron chi connectivity index (χ3n) is 7.79. The smallest absolute Gasteiger partial charge is 0.289 e. The van der Waals surface area contributed by atoms with Crippen LogP contribution in [0.25, 0.3) is 0 Å². The maximum Gasteiger partial charge on any atom is 0.289 e. The molecule has 5 heterocycles. The Kier molecular flexibility index (Phi) is 4.75. The molecule has 9 nitrogen and oxygen atoms in total. The van der Waals surface area contributed by atoms with Crippen LogP contribution in [-0.4, -0.2) is 65.6 Å². The Balaban J connectivity index is 1.13. The van der Waals surface area contributed by atoms with E-state index >= 15 is 0 Å². The number of hydrogen-bond donors (Lipinski definition) is 1. The van der Waals surface area contributed by atoms with Crippen LogP contribution in [0.1, 0.15) is 52.2 Å². The first-order valence-corrected chi connectivity index (χ1v) is 11.8. The molecule has 9 heteroatoms. The van der Waals surface area contributed by atoms with Crippen molar-refractivity contribution < 1.29 is 23.6 Å². The number of furan rings is 1. The second kappa shape index (κ2) is 7.72. The van der Waals surface area contributed by atoms with Gasteiger partial charge < -0.3 is 19.1 Å². The first-order chi connectivity index (χ1) is 16.4. The molecule has 0 bridgehead atoms. The van der Waals surface area contributed by atoms with Crippen molar-refractivity contribution in [1.82, 2.24) is 15.1 Å². The van der Waals surface area contributed by atoms with Crippen molar-refractivity contribution in [1.29, 1.82) is 0 Å². The number of anilines is 1. The number of rotatable bonds is 3. The van der Waals surface area contributed by atoms with Gasteiger partial charge in [0.2, 0.25) is 11.8 Å². The minimum atomic E-state index is -0.607. The summed E-state index contributed by atoms with van der Waals surface area (Å²) in [6.07, 6.45) is 4.00. The number of benzene rings is 1. The average Bonchev–Trinajstić information content (AvgIpc) is 3.46. The zero-order chi connectivity index (χ0) is 23.4. The maximum atomic E-state index is 13.1. The predicted molar refractivity (Wildman–Crippen MR) is 121 cm³/mol. The van der Waals surface area contributed by atoms with E-state index < -0.39 is 11.9 Å². The molecule has 1 spiro atoms. The van der Waals surface area contributed by atoms with Gasteiger partial charge in [-0.25, -0.2) is 0 Å². The highest BCUT2D eigenvalue weighted by Gasteiger charge is 2.47. The van der Waals surface area contributed by atoms with Crippen LogP contribution in [0.15, 0.2) is 41.0 Å². The van der Waals surface area contributed by atoms with E-state index in [0.29, 0.717) is 37.4 Å². The van der Waals surface area contributed by atoms with Crippen molar-refractivity contribution in [3.8, 4) is 0 Å². The molecule has 1 N–H and O–H groups in total. The van der Waals surface area contributed by atoms with Crippen LogP contribution >= 0.6 is 0 Å². The Hall–Kier alpha value is -3.62. The molecule has 6 rings (SSSR count). The van der Waals surface area contributed by atoms with Crippen molar-refractivity contribution >= 4 is 29.3 Å². The van der Waals surface area contributed by atoms with Gasteiger partial charge in [-0.3, -0.25) is 24.5 Å². The molecule has 4 aliphatic rings. The van der Waals surface area contributed by atoms with Gasteiger partial charge in [0, 0.05) is 61.4 Å². The molecular weight excluding hydrogens is 436 g/mol. The van der Waals surface area contributed by atoms with Gasteiger partial charge in [-0.05, 0) is 43.5 Å². The molecule has 2 aromatic rings. The quantitative estimate of drug-likeness (QED) is 0.698. The molecule has 176 valence electrons. The van der Waals surface area contributed by atoms with E-state index in [9.17, 15) is 19.2 Å². The van der Waals surface area contributed by atoms with E-state index in [1.807, 2.05) is 23.1 Å². The number of nitrogens with one attached hydrogen (secondary N) is 1. The number of carbonyl (C=O) groups is 4. The lowest BCUT2D eigenvalue weighted by molar-refractivity contribution is -0.136. The third kappa shape index (κ3) is 3.29. The zero-order valence-corrected chi connectivity index (χ0v) is 18.8. The fourth-order valence-corrected chi connectivity index (χ4v) is 5.86. The minimum absolute atomic E-state index is 0.0519. The van der Waals surface area contributed by atoms with Gasteiger partial charge in [-0.1, -0.05) is 6.07 Å². The van der Waals surface area contributed by atoms with Gasteiger partial charge in [0.25, 0.3) is 11.8 Å². The molecule has 4 aliphatic heterocycles. The molecular formula is C25H26N4O5. The lowest BCUT2D eigenvalue weighted by Gasteiger charge is -2.55. The number of likely N-dealkylation sites (tertiary alicyclic amines) is 1. The summed E-state index contributed by atoms with van der Waals surface area (Å²) in [6, 6.07) is 8.59. The highest BCUT2D eigenvalue weighted by atomic mass is 16.3. The normalized spacial score (nSPS) is 23.7. The largest absolute Gasteiger partial charge is 0.459 e. The lowest BCUT2D eigenvalue weighted by atomic mass is 9.71. The SMILES string of the molecule is O=C1CCC(N2Cc3c(cccc3N3CC4(CCN(C(=O)c5ccco5)CC4)C3)C2=O)C(=O)N1. The molecule has 3 saturated heterocycles. The van der Waals surface area contributed by atoms with E-state index in [2.05, 4.69) is 10.2 Å². The van der Waals surface area contributed by atoms with Crippen molar-refractivity contribution in [3.63, 3.8) is 0 Å². The number of piperidine rings is 2. The topological polar surface area (TPSA) is 103 Å². The number of amides is 4. The Morgan fingerprint density at radius 1 is 1.06 bits per heavy atom. The van der Waals surface area contributed by atoms with Gasteiger partial charge in [0.05, 0.1) is 6.26 Å². The predicted octanol–water partition coefficient (Wildman–Crippen LogP) is 1.78. The second-order valence-electron chi connectivity index (χ2n) is 9.83. The first kappa shape index (κ1) is 20.9. The fraction of sp³-hybridized carbons (Fsp3) is 0.440. The summed E-state index contributed by atoms with van der Waals surface area (Å²) < 4.78 is 5.26. The highest BCUT2D eigenvalue weighted by Crippen LogP contribution is 2.45. The number of hydrogen-bond acceptors (Lipinski definition) is 6. The fourth-order valence-electron chi connectivity index (χ4n) is 5.86. The molecule has 0 aliphatic carbocycles. The molecule has 1 aromatic heterocycles. The van der Waals surface area contributed by atoms with E-state index in [1.165, 1.54) is 6.26 Å². The van der Waals surface area contributed by atoms with Crippen LogP contribution < -0.4 is 10.2 Å². The van der Waals surface area contributed by atoms with Crippen LogP contribution in [-0.2, 0) is 16.1 Å². The summed E-state index contributed by atoms with van der Waals surface area (Å²) in [5, 5.41) is 2.36. The zero-order valence-electron chi connectivity index (χ0n) is 18.8. The van der Waals surface area contributed by atoms with Crippen molar-refractivity contribution in [3.05, 3.63) is 53.5 Å². The molecule has 0 saturated carbocycles. The van der Waals surface area contributed by atoms with Crippen LogP contribution in [0.4, 0.5) is 5.69 Å². The van der Waals surface area contributed by atoms with Gasteiger partial charge in [-0.15, -0.1) is 0 Å². The molecule has 0 radical (unpaired) electrons. The summed E-state index contributed by atoms with van der Waals surface area (Å²) in [4.78, 5) is 55.3. The number of nitrogens with zero attached hydrogens (tertiary/aromatic N) is 3. The first-order valence-electron chi connectivity index (χ1n) is 11.8.